The van der Waals surface area contributed by atoms with Crippen molar-refractivity contribution in [3.05, 3.63) is 105 Å². The zero-order valence-corrected chi connectivity index (χ0v) is 21.0. The Bertz CT molecular complexity index is 1370. The molecule has 0 aliphatic rings. The van der Waals surface area contributed by atoms with E-state index in [1.54, 1.807) is 42.5 Å². The summed E-state index contributed by atoms with van der Waals surface area (Å²) in [6, 6.07) is 18.4. The van der Waals surface area contributed by atoms with E-state index >= 15 is 0 Å². The van der Waals surface area contributed by atoms with E-state index in [0.29, 0.717) is 38.6 Å². The fourth-order valence-corrected chi connectivity index (χ4v) is 4.86. The molecule has 0 spiro atoms. The summed E-state index contributed by atoms with van der Waals surface area (Å²) in [4.78, 5) is 11.2. The van der Waals surface area contributed by atoms with Crippen molar-refractivity contribution in [2.45, 2.75) is 23.9 Å². The van der Waals surface area contributed by atoms with Gasteiger partial charge in [-0.2, -0.15) is 0 Å². The average Bonchev–Trinajstić information content (AvgIpc) is 3.22. The maximum absolute atomic E-state index is 13.5. The Morgan fingerprint density at radius 2 is 1.89 bits per heavy atom. The minimum atomic E-state index is -0.583. The minimum absolute atomic E-state index is 0.143. The van der Waals surface area contributed by atoms with Crippen LogP contribution in [0.25, 0.3) is 5.69 Å². The van der Waals surface area contributed by atoms with Gasteiger partial charge >= 0.3 is 0 Å². The molecule has 0 aliphatic heterocycles. The van der Waals surface area contributed by atoms with E-state index in [1.807, 2.05) is 23.6 Å². The van der Waals surface area contributed by atoms with E-state index in [-0.39, 0.29) is 23.9 Å². The zero-order chi connectivity index (χ0) is 25.7. The molecule has 3 aromatic carbocycles. The lowest BCUT2D eigenvalue weighted by Crippen LogP contribution is -2.11. The maximum atomic E-state index is 13.5. The van der Waals surface area contributed by atoms with E-state index in [0.717, 1.165) is 5.69 Å². The maximum Gasteiger partial charge on any atom is 0.220 e. The molecule has 4 aromatic rings. The molecule has 0 saturated carbocycles. The van der Waals surface area contributed by atoms with E-state index in [1.165, 1.54) is 31.0 Å². The number of nitrogens with zero attached hydrogens (tertiary/aromatic N) is 4. The Morgan fingerprint density at radius 3 is 2.58 bits per heavy atom. The topological polar surface area (TPSA) is 92.3 Å². The number of hydrogen-bond acceptors (Lipinski definition) is 7. The average molecular weight is 529 g/mol. The van der Waals surface area contributed by atoms with Crippen LogP contribution in [0, 0.1) is 22.9 Å². The molecule has 186 valence electrons. The second-order valence-electron chi connectivity index (χ2n) is 7.79. The van der Waals surface area contributed by atoms with Crippen LogP contribution in [-0.4, -0.2) is 33.3 Å². The van der Waals surface area contributed by atoms with Crippen LogP contribution in [0.5, 0.6) is 11.5 Å². The molecular formula is C25H22ClFN4O4S. The van der Waals surface area contributed by atoms with Crippen molar-refractivity contribution >= 4 is 23.4 Å². The summed E-state index contributed by atoms with van der Waals surface area (Å²) in [5, 5.41) is 20.5. The van der Waals surface area contributed by atoms with Crippen molar-refractivity contribution in [3.63, 3.8) is 0 Å². The summed E-state index contributed by atoms with van der Waals surface area (Å²) < 4.78 is 26.6. The molecule has 0 unspecified atom stereocenters. The summed E-state index contributed by atoms with van der Waals surface area (Å²) in [5.41, 5.74) is 2.12. The van der Waals surface area contributed by atoms with Crippen LogP contribution in [0.4, 0.5) is 4.39 Å². The predicted molar refractivity (Wildman–Crippen MR) is 135 cm³/mol. The number of methoxy groups -OCH3 is 1. The van der Waals surface area contributed by atoms with Crippen molar-refractivity contribution in [1.82, 2.24) is 14.8 Å². The van der Waals surface area contributed by atoms with Gasteiger partial charge in [-0.15, -0.1) is 10.2 Å². The molecule has 0 bridgehead atoms. The molecule has 1 heterocycles. The van der Waals surface area contributed by atoms with Gasteiger partial charge in [0, 0.05) is 15.6 Å². The van der Waals surface area contributed by atoms with Gasteiger partial charge in [-0.25, -0.2) is 4.39 Å². The summed E-state index contributed by atoms with van der Waals surface area (Å²) in [7, 11) is 1.49. The first-order valence-corrected chi connectivity index (χ1v) is 12.1. The normalized spacial score (nSPS) is 11.8. The van der Waals surface area contributed by atoms with E-state index in [9.17, 15) is 14.5 Å². The van der Waals surface area contributed by atoms with E-state index in [4.69, 9.17) is 21.1 Å². The smallest absolute Gasteiger partial charge is 0.220 e. The third-order valence-corrected chi connectivity index (χ3v) is 6.72. The Hall–Kier alpha value is -3.63. The Labute approximate surface area is 216 Å². The number of halogens is 2. The van der Waals surface area contributed by atoms with Crippen molar-refractivity contribution in [2.24, 2.45) is 0 Å². The lowest BCUT2D eigenvalue weighted by molar-refractivity contribution is -0.479. The summed E-state index contributed by atoms with van der Waals surface area (Å²) in [5.74, 6) is 1.14. The summed E-state index contributed by atoms with van der Waals surface area (Å²) in [6.07, 6.45) is 0. The summed E-state index contributed by atoms with van der Waals surface area (Å²) >= 11 is 7.25. The molecule has 36 heavy (non-hydrogen) atoms. The molecule has 1 atom stereocenters. The van der Waals surface area contributed by atoms with Crippen molar-refractivity contribution in [3.8, 4) is 17.2 Å². The number of benzene rings is 3. The molecule has 0 aliphatic carbocycles. The minimum Gasteiger partial charge on any atom is -0.493 e. The highest BCUT2D eigenvalue weighted by atomic mass is 35.5. The van der Waals surface area contributed by atoms with Gasteiger partial charge in [0.05, 0.1) is 7.11 Å². The number of rotatable bonds is 10. The van der Waals surface area contributed by atoms with Crippen LogP contribution in [0.3, 0.4) is 0 Å². The second kappa shape index (κ2) is 11.4. The molecule has 0 radical (unpaired) electrons. The van der Waals surface area contributed by atoms with Crippen LogP contribution in [0.1, 0.15) is 22.2 Å². The largest absolute Gasteiger partial charge is 0.493 e. The van der Waals surface area contributed by atoms with Gasteiger partial charge in [0.25, 0.3) is 0 Å². The van der Waals surface area contributed by atoms with Crippen LogP contribution >= 0.6 is 23.4 Å². The molecule has 0 fully saturated rings. The highest BCUT2D eigenvalue weighted by molar-refractivity contribution is 7.99. The molecule has 0 N–H and O–H groups in total. The van der Waals surface area contributed by atoms with Crippen LogP contribution < -0.4 is 9.47 Å². The third kappa shape index (κ3) is 6.13. The number of ether oxygens (including phenoxy) is 2. The van der Waals surface area contributed by atoms with Crippen LogP contribution in [0.2, 0.25) is 5.02 Å². The molecule has 0 amide bonds. The third-order valence-electron chi connectivity index (χ3n) is 5.29. The van der Waals surface area contributed by atoms with Gasteiger partial charge in [0.2, 0.25) is 6.54 Å². The number of aromatic nitrogens is 3. The van der Waals surface area contributed by atoms with E-state index in [2.05, 4.69) is 10.2 Å². The number of aryl methyl sites for hydroxylation is 1. The monoisotopic (exact) mass is 528 g/mol. The molecule has 4 rings (SSSR count). The lowest BCUT2D eigenvalue weighted by atomic mass is 10.1. The van der Waals surface area contributed by atoms with Crippen molar-refractivity contribution in [2.75, 3.05) is 13.7 Å². The van der Waals surface area contributed by atoms with Gasteiger partial charge in [0.15, 0.2) is 16.7 Å². The zero-order valence-electron chi connectivity index (χ0n) is 19.4. The summed E-state index contributed by atoms with van der Waals surface area (Å²) in [6.45, 7) is 1.61. The van der Waals surface area contributed by atoms with E-state index < -0.39 is 5.25 Å². The SMILES string of the molecule is COc1cc([C@H](C[N+](=O)[O-])Sc2nnc(C)n2-c2ccc(Cl)cc2)ccc1OCc1cccc(F)c1. The molecular weight excluding hydrogens is 507 g/mol. The Balaban J connectivity index is 1.60. The van der Waals surface area contributed by atoms with Crippen molar-refractivity contribution in [1.29, 1.82) is 0 Å². The van der Waals surface area contributed by atoms with Crippen molar-refractivity contribution < 1.29 is 18.8 Å². The first kappa shape index (κ1) is 25.5. The quantitative estimate of drug-likeness (QED) is 0.140. The van der Waals surface area contributed by atoms with Crippen LogP contribution in [-0.2, 0) is 6.61 Å². The van der Waals surface area contributed by atoms with Gasteiger partial charge in [-0.3, -0.25) is 14.7 Å². The highest BCUT2D eigenvalue weighted by Crippen LogP contribution is 2.39. The van der Waals surface area contributed by atoms with Gasteiger partial charge < -0.3 is 9.47 Å². The van der Waals surface area contributed by atoms with Crippen LogP contribution in [0.15, 0.2) is 71.9 Å². The van der Waals surface area contributed by atoms with Gasteiger partial charge in [-0.05, 0) is 66.6 Å². The fourth-order valence-electron chi connectivity index (χ4n) is 3.57. The highest BCUT2D eigenvalue weighted by Gasteiger charge is 2.25. The first-order valence-electron chi connectivity index (χ1n) is 10.9. The lowest BCUT2D eigenvalue weighted by Gasteiger charge is -2.17. The molecule has 8 nitrogen and oxygen atoms in total. The van der Waals surface area contributed by atoms with Gasteiger partial charge in [-0.1, -0.05) is 41.6 Å². The second-order valence-corrected chi connectivity index (χ2v) is 9.40. The molecule has 1 aromatic heterocycles. The molecule has 0 saturated heterocycles. The predicted octanol–water partition coefficient (Wildman–Crippen LogP) is 6.07. The standard InChI is InChI=1S/C25H22ClFN4O4S/c1-16-28-29-25(31(16)21-9-7-19(26)8-10-21)36-24(14-30(32)33)18-6-11-22(23(13-18)34-2)35-15-17-4-3-5-20(27)12-17/h3-13,24H,14-15H2,1-2H3/t24-/m0/s1. The fraction of sp³-hybridized carbons (Fsp3) is 0.200. The number of hydrogen-bond donors (Lipinski definition) is 0. The first-order chi connectivity index (χ1) is 17.3. The molecule has 11 heteroatoms. The number of thioether (sulfide) groups is 1. The Morgan fingerprint density at radius 1 is 1.11 bits per heavy atom. The van der Waals surface area contributed by atoms with Gasteiger partial charge in [0.1, 0.15) is 23.5 Å². The number of nitro groups is 1. The Kier molecular flexibility index (Phi) is 8.07.